The fourth-order valence-electron chi connectivity index (χ4n) is 6.66. The monoisotopic (exact) mass is 605 g/mol. The van der Waals surface area contributed by atoms with Crippen LogP contribution in [0.4, 0.5) is 0 Å². The fraction of sp³-hybridized carbons (Fsp3) is 0.273. The molecule has 0 unspecified atom stereocenters. The van der Waals surface area contributed by atoms with Crippen LogP contribution >= 0.6 is 0 Å². The van der Waals surface area contributed by atoms with Gasteiger partial charge in [0.1, 0.15) is 6.54 Å². The molecule has 2 nitrogen and oxygen atoms in total. The molecule has 0 aliphatic rings. The van der Waals surface area contributed by atoms with Crippen LogP contribution in [0.1, 0.15) is 58.2 Å². The Morgan fingerprint density at radius 2 is 0.935 bits per heavy atom. The molecule has 234 valence electrons. The molecule has 0 amide bonds. The van der Waals surface area contributed by atoms with Crippen LogP contribution in [-0.4, -0.2) is 25.6 Å². The van der Waals surface area contributed by atoms with E-state index in [-0.39, 0.29) is 16.6 Å². The van der Waals surface area contributed by atoms with Gasteiger partial charge in [-0.3, -0.25) is 0 Å². The van der Waals surface area contributed by atoms with E-state index in [2.05, 4.69) is 172 Å². The number of rotatable bonds is 5. The first kappa shape index (κ1) is 31.6. The molecule has 0 fully saturated rings. The Hall–Kier alpha value is -4.40. The van der Waals surface area contributed by atoms with E-state index in [1.807, 2.05) is 0 Å². The molecule has 0 radical (unpaired) electrons. The van der Waals surface area contributed by atoms with Crippen molar-refractivity contribution in [1.29, 1.82) is 0 Å². The Kier molecular flexibility index (Phi) is 7.85. The molecule has 0 bridgehead atoms. The smallest absolute Gasteiger partial charge is 0.105 e. The highest BCUT2D eigenvalue weighted by Crippen LogP contribution is 2.48. The van der Waals surface area contributed by atoms with E-state index in [0.717, 1.165) is 54.8 Å². The SMILES string of the molecule is CC(C)(C)c1ccc(-c2cc3ccccc3c(-c3c(C[N+](C)(C)C)c(-c4ccc(C(C)(C)C)cc4)cc4ccccc34)c2[O-])cc1. The third-order valence-corrected chi connectivity index (χ3v) is 9.16. The van der Waals surface area contributed by atoms with Crippen LogP contribution in [0, 0.1) is 0 Å². The Bertz CT molecular complexity index is 2050. The average Bonchev–Trinajstić information content (AvgIpc) is 2.99. The molecule has 0 heterocycles. The molecule has 6 rings (SSSR count). The number of quaternary nitrogens is 1. The quantitative estimate of drug-likeness (QED) is 0.179. The van der Waals surface area contributed by atoms with Gasteiger partial charge in [0.2, 0.25) is 0 Å². The lowest BCUT2D eigenvalue weighted by atomic mass is 9.82. The van der Waals surface area contributed by atoms with E-state index in [1.54, 1.807) is 0 Å². The predicted molar refractivity (Wildman–Crippen MR) is 196 cm³/mol. The first-order valence-electron chi connectivity index (χ1n) is 16.4. The summed E-state index contributed by atoms with van der Waals surface area (Å²) in [5, 5.41) is 19.4. The number of hydrogen-bond donors (Lipinski definition) is 0. The van der Waals surface area contributed by atoms with Gasteiger partial charge in [0.15, 0.2) is 0 Å². The van der Waals surface area contributed by atoms with Crippen molar-refractivity contribution < 1.29 is 9.59 Å². The van der Waals surface area contributed by atoms with Gasteiger partial charge in [0.25, 0.3) is 0 Å². The van der Waals surface area contributed by atoms with E-state index < -0.39 is 0 Å². The minimum atomic E-state index is 0.0396. The van der Waals surface area contributed by atoms with Crippen molar-refractivity contribution in [3.63, 3.8) is 0 Å². The van der Waals surface area contributed by atoms with Crippen LogP contribution in [0.3, 0.4) is 0 Å². The maximum atomic E-state index is 15.0. The highest BCUT2D eigenvalue weighted by Gasteiger charge is 2.25. The van der Waals surface area contributed by atoms with Gasteiger partial charge in [-0.2, -0.15) is 0 Å². The largest absolute Gasteiger partial charge is 0.872 e. The highest BCUT2D eigenvalue weighted by atomic mass is 16.3. The molecule has 0 spiro atoms. The first-order valence-corrected chi connectivity index (χ1v) is 16.4. The van der Waals surface area contributed by atoms with Gasteiger partial charge >= 0.3 is 0 Å². The van der Waals surface area contributed by atoms with Crippen LogP contribution in [0.5, 0.6) is 5.75 Å². The molecule has 0 aromatic heterocycles. The Morgan fingerprint density at radius 1 is 0.522 bits per heavy atom. The Balaban J connectivity index is 1.72. The van der Waals surface area contributed by atoms with E-state index in [1.165, 1.54) is 27.8 Å². The molecular weight excluding hydrogens is 558 g/mol. The highest BCUT2D eigenvalue weighted by molar-refractivity contribution is 6.12. The van der Waals surface area contributed by atoms with Crippen LogP contribution in [0.25, 0.3) is 54.9 Å². The summed E-state index contributed by atoms with van der Waals surface area (Å²) in [5.41, 5.74) is 9.78. The zero-order chi connectivity index (χ0) is 33.0. The molecule has 6 aromatic rings. The lowest BCUT2D eigenvalue weighted by molar-refractivity contribution is -0.883. The van der Waals surface area contributed by atoms with Crippen LogP contribution in [0.2, 0.25) is 0 Å². The summed E-state index contributed by atoms with van der Waals surface area (Å²) in [6.07, 6.45) is 0. The summed E-state index contributed by atoms with van der Waals surface area (Å²) in [6.45, 7) is 14.2. The lowest BCUT2D eigenvalue weighted by Crippen LogP contribution is -2.33. The third kappa shape index (κ3) is 6.07. The fourth-order valence-corrected chi connectivity index (χ4v) is 6.66. The van der Waals surface area contributed by atoms with Crippen LogP contribution in [0.15, 0.2) is 109 Å². The van der Waals surface area contributed by atoms with Gasteiger partial charge in [-0.1, -0.05) is 144 Å². The summed E-state index contributed by atoms with van der Waals surface area (Å²) < 4.78 is 0.735. The third-order valence-electron chi connectivity index (χ3n) is 9.16. The maximum absolute atomic E-state index is 15.0. The molecule has 0 N–H and O–H groups in total. The Labute approximate surface area is 275 Å². The number of fused-ring (bicyclic) bond motifs is 2. The minimum absolute atomic E-state index is 0.0396. The van der Waals surface area contributed by atoms with Gasteiger partial charge in [0.05, 0.1) is 21.1 Å². The first-order chi connectivity index (χ1) is 21.6. The van der Waals surface area contributed by atoms with Crippen molar-refractivity contribution in [3.05, 3.63) is 126 Å². The summed E-state index contributed by atoms with van der Waals surface area (Å²) in [4.78, 5) is 0. The second-order valence-electron chi connectivity index (χ2n) is 16.0. The van der Waals surface area contributed by atoms with Gasteiger partial charge in [0, 0.05) is 5.56 Å². The summed E-state index contributed by atoms with van der Waals surface area (Å²) >= 11 is 0. The van der Waals surface area contributed by atoms with Crippen LogP contribution < -0.4 is 5.11 Å². The average molecular weight is 606 g/mol. The number of nitrogens with zero attached hydrogens (tertiary/aromatic N) is 1. The van der Waals surface area contributed by atoms with E-state index in [4.69, 9.17) is 0 Å². The minimum Gasteiger partial charge on any atom is -0.872 e. The summed E-state index contributed by atoms with van der Waals surface area (Å²) in [7, 11) is 6.69. The molecule has 0 atom stereocenters. The van der Waals surface area contributed by atoms with E-state index in [9.17, 15) is 0 Å². The second-order valence-corrected chi connectivity index (χ2v) is 16.0. The summed E-state index contributed by atoms with van der Waals surface area (Å²) in [5.74, 6) is 0.0789. The molecule has 0 saturated carbocycles. The normalized spacial score (nSPS) is 12.6. The summed E-state index contributed by atoms with van der Waals surface area (Å²) in [6, 6.07) is 39.0. The van der Waals surface area contributed by atoms with Crippen molar-refractivity contribution in [2.24, 2.45) is 0 Å². The van der Waals surface area contributed by atoms with Crippen molar-refractivity contribution in [1.82, 2.24) is 0 Å². The second kappa shape index (κ2) is 11.4. The van der Waals surface area contributed by atoms with Crippen molar-refractivity contribution in [3.8, 4) is 39.1 Å². The number of hydrogen-bond acceptors (Lipinski definition) is 1. The van der Waals surface area contributed by atoms with Gasteiger partial charge < -0.3 is 9.59 Å². The number of benzene rings is 6. The molecule has 2 heteroatoms. The van der Waals surface area contributed by atoms with Gasteiger partial charge in [-0.15, -0.1) is 0 Å². The van der Waals surface area contributed by atoms with Crippen molar-refractivity contribution >= 4 is 21.5 Å². The van der Waals surface area contributed by atoms with Gasteiger partial charge in [-0.05, 0) is 89.0 Å². The Morgan fingerprint density at radius 3 is 1.39 bits per heavy atom. The predicted octanol–water partition coefficient (Wildman–Crippen LogP) is 10.9. The molecule has 46 heavy (non-hydrogen) atoms. The van der Waals surface area contributed by atoms with Crippen LogP contribution in [-0.2, 0) is 17.4 Å². The van der Waals surface area contributed by atoms with Crippen molar-refractivity contribution in [2.75, 3.05) is 21.1 Å². The van der Waals surface area contributed by atoms with Crippen molar-refractivity contribution in [2.45, 2.75) is 58.9 Å². The molecule has 6 aromatic carbocycles. The lowest BCUT2D eigenvalue weighted by Gasteiger charge is -2.30. The standard InChI is InChI=1S/C44H47NO/c1-43(2,3)33-22-18-29(19-23-33)37-26-31-14-10-12-16-35(31)40(39(37)28-45(7,8)9)41-36-17-13-11-15-32(36)27-38(42(41)46)30-20-24-34(25-21-30)44(4,5)6/h10-27H,28H2,1-9H3. The molecule has 0 aliphatic heterocycles. The van der Waals surface area contributed by atoms with E-state index >= 15 is 5.11 Å². The van der Waals surface area contributed by atoms with Gasteiger partial charge in [-0.25, -0.2) is 0 Å². The van der Waals surface area contributed by atoms with E-state index in [0.29, 0.717) is 0 Å². The molecule has 0 saturated heterocycles. The zero-order valence-electron chi connectivity index (χ0n) is 29.0. The molecular formula is C44H47NO. The molecule has 0 aliphatic carbocycles. The zero-order valence-corrected chi connectivity index (χ0v) is 29.0. The maximum Gasteiger partial charge on any atom is 0.105 e. The topological polar surface area (TPSA) is 23.1 Å².